The molecule has 0 amide bonds. The van der Waals surface area contributed by atoms with Gasteiger partial charge in [0, 0.05) is 22.6 Å². The minimum absolute atomic E-state index is 0.0822. The van der Waals surface area contributed by atoms with Crippen LogP contribution in [-0.2, 0) is 34.0 Å². The van der Waals surface area contributed by atoms with E-state index in [9.17, 15) is 19.5 Å². The summed E-state index contributed by atoms with van der Waals surface area (Å²) in [6.07, 6.45) is 0.522. The third-order valence-corrected chi connectivity index (χ3v) is 9.25. The Balaban J connectivity index is 1.67. The van der Waals surface area contributed by atoms with Gasteiger partial charge in [0.1, 0.15) is 23.7 Å². The van der Waals surface area contributed by atoms with Gasteiger partial charge in [-0.05, 0) is 50.6 Å². The van der Waals surface area contributed by atoms with E-state index in [1.165, 1.54) is 21.1 Å². The van der Waals surface area contributed by atoms with Crippen molar-refractivity contribution >= 4 is 17.7 Å². The fraction of sp³-hybridized carbons (Fsp3) is 0.382. The van der Waals surface area contributed by atoms with Crippen LogP contribution in [0.4, 0.5) is 0 Å². The number of carbonyl (C=O) groups excluding carboxylic acids is 3. The van der Waals surface area contributed by atoms with Gasteiger partial charge in [0.15, 0.2) is 23.4 Å². The van der Waals surface area contributed by atoms with Crippen LogP contribution in [-0.4, -0.2) is 62.2 Å². The molecule has 0 radical (unpaired) electrons. The van der Waals surface area contributed by atoms with Gasteiger partial charge in [0.2, 0.25) is 24.1 Å². The molecule has 11 nitrogen and oxygen atoms in total. The smallest absolute Gasteiger partial charge is 0.338 e. The lowest BCUT2D eigenvalue weighted by atomic mass is 9.59. The van der Waals surface area contributed by atoms with E-state index >= 15 is 0 Å². The molecule has 2 aromatic carbocycles. The van der Waals surface area contributed by atoms with Crippen molar-refractivity contribution in [3.8, 4) is 17.2 Å². The largest absolute Gasteiger partial charge is 0.493 e. The van der Waals surface area contributed by atoms with Crippen LogP contribution in [0.15, 0.2) is 71.2 Å². The van der Waals surface area contributed by atoms with Gasteiger partial charge in [-0.1, -0.05) is 31.2 Å². The summed E-state index contributed by atoms with van der Waals surface area (Å²) in [6.45, 7) is 6.08. The van der Waals surface area contributed by atoms with Gasteiger partial charge in [0.05, 0.1) is 19.8 Å². The summed E-state index contributed by atoms with van der Waals surface area (Å²) in [5, 5.41) is 12.5. The van der Waals surface area contributed by atoms with Crippen molar-refractivity contribution in [1.82, 2.24) is 0 Å². The Hall–Kier alpha value is -4.77. The zero-order valence-electron chi connectivity index (χ0n) is 25.8. The minimum atomic E-state index is -1.93. The maximum absolute atomic E-state index is 14.7. The Kier molecular flexibility index (Phi) is 7.39. The SMILES string of the molecule is C/C=C(/C)C(=O)O[C@H]1C2=CC(OC)=C(OC)C(=O)C23COc2c4c(cc(c23)[C@H](OC(=O)c2ccccc2)[C@H](C)[C@]1(C)O)OCO4. The quantitative estimate of drug-likeness (QED) is 0.368. The number of esters is 2. The Morgan fingerprint density at radius 3 is 2.44 bits per heavy atom. The van der Waals surface area contributed by atoms with Crippen molar-refractivity contribution < 1.29 is 52.6 Å². The monoisotopic (exact) mass is 618 g/mol. The van der Waals surface area contributed by atoms with E-state index in [1.807, 2.05) is 0 Å². The van der Waals surface area contributed by atoms with Crippen LogP contribution in [0.2, 0.25) is 0 Å². The molecule has 1 unspecified atom stereocenters. The van der Waals surface area contributed by atoms with E-state index in [4.69, 9.17) is 33.2 Å². The number of ether oxygens (including phenoxy) is 7. The average Bonchev–Trinajstić information content (AvgIpc) is 3.68. The topological polar surface area (TPSA) is 136 Å². The fourth-order valence-corrected chi connectivity index (χ4v) is 6.46. The third-order valence-electron chi connectivity index (χ3n) is 9.25. The van der Waals surface area contributed by atoms with Crippen molar-refractivity contribution in [1.29, 1.82) is 0 Å². The van der Waals surface area contributed by atoms with Crippen molar-refractivity contribution in [3.05, 3.63) is 87.9 Å². The molecule has 2 heterocycles. The molecule has 45 heavy (non-hydrogen) atoms. The zero-order valence-corrected chi connectivity index (χ0v) is 25.8. The van der Waals surface area contributed by atoms with Crippen molar-refractivity contribution in [2.45, 2.75) is 50.9 Å². The molecule has 0 fully saturated rings. The lowest BCUT2D eigenvalue weighted by molar-refractivity contribution is -0.169. The normalized spacial score (nSPS) is 28.2. The van der Waals surface area contributed by atoms with E-state index in [-0.39, 0.29) is 53.1 Å². The van der Waals surface area contributed by atoms with Crippen LogP contribution < -0.4 is 14.2 Å². The van der Waals surface area contributed by atoms with E-state index in [0.29, 0.717) is 16.9 Å². The molecule has 236 valence electrons. The number of Topliss-reactive ketones (excluding diaryl/α,β-unsaturated/α-hetero) is 1. The molecule has 11 heteroatoms. The summed E-state index contributed by atoms with van der Waals surface area (Å²) >= 11 is 0. The van der Waals surface area contributed by atoms with Crippen LogP contribution in [0.3, 0.4) is 0 Å². The number of carbonyl (C=O) groups is 3. The van der Waals surface area contributed by atoms with Crippen LogP contribution in [0, 0.1) is 5.92 Å². The molecule has 1 spiro atoms. The van der Waals surface area contributed by atoms with Crippen LogP contribution >= 0.6 is 0 Å². The standard InChI is InChI=1S/C34H34O11/c1-7-17(2)31(36)45-30-21-14-22(39-5)27(40-6)29(35)34(21)15-41-28-24(34)20(13-23-26(28)43-16-42-23)25(18(3)33(30,4)38)44-32(37)19-11-9-8-10-12-19/h7-14,18,25,30,38H,15-16H2,1-6H3/b17-7-/t18-,25+,30-,33-,34?/m0/s1. The Labute approximate surface area is 259 Å². The highest BCUT2D eigenvalue weighted by Gasteiger charge is 2.64. The van der Waals surface area contributed by atoms with Crippen LogP contribution in [0.25, 0.3) is 0 Å². The van der Waals surface area contributed by atoms with Gasteiger partial charge in [-0.3, -0.25) is 4.79 Å². The lowest BCUT2D eigenvalue weighted by Crippen LogP contribution is -2.59. The van der Waals surface area contributed by atoms with Crippen LogP contribution in [0.5, 0.6) is 17.2 Å². The maximum Gasteiger partial charge on any atom is 0.338 e. The summed E-state index contributed by atoms with van der Waals surface area (Å²) in [5.74, 6) is -2.03. The molecule has 6 rings (SSSR count). The second-order valence-electron chi connectivity index (χ2n) is 11.6. The first-order valence-electron chi connectivity index (χ1n) is 14.5. The van der Waals surface area contributed by atoms with Gasteiger partial charge in [-0.25, -0.2) is 9.59 Å². The van der Waals surface area contributed by atoms with Crippen molar-refractivity contribution in [2.75, 3.05) is 27.6 Å². The predicted octanol–water partition coefficient (Wildman–Crippen LogP) is 4.24. The first kappa shape index (κ1) is 30.3. The minimum Gasteiger partial charge on any atom is -0.493 e. The number of hydrogen-bond donors (Lipinski definition) is 1. The molecular formula is C34H34O11. The highest BCUT2D eigenvalue weighted by molar-refractivity contribution is 6.09. The summed E-state index contributed by atoms with van der Waals surface area (Å²) in [6, 6.07) is 10.1. The fourth-order valence-electron chi connectivity index (χ4n) is 6.46. The summed E-state index contributed by atoms with van der Waals surface area (Å²) in [5.41, 5.74) is -2.13. The molecule has 1 N–H and O–H groups in total. The molecule has 2 aliphatic heterocycles. The van der Waals surface area contributed by atoms with Gasteiger partial charge < -0.3 is 38.3 Å². The molecule has 0 saturated heterocycles. The molecule has 2 aromatic rings. The first-order valence-corrected chi connectivity index (χ1v) is 14.5. The molecule has 0 saturated carbocycles. The average molecular weight is 619 g/mol. The maximum atomic E-state index is 14.7. The predicted molar refractivity (Wildman–Crippen MR) is 158 cm³/mol. The van der Waals surface area contributed by atoms with E-state index in [1.54, 1.807) is 69.3 Å². The lowest BCUT2D eigenvalue weighted by Gasteiger charge is -2.48. The van der Waals surface area contributed by atoms with Gasteiger partial charge in [-0.15, -0.1) is 0 Å². The number of aliphatic hydroxyl groups is 1. The summed E-state index contributed by atoms with van der Waals surface area (Å²) < 4.78 is 41.2. The van der Waals surface area contributed by atoms with Crippen molar-refractivity contribution in [3.63, 3.8) is 0 Å². The molecule has 4 aliphatic rings. The first-order chi connectivity index (χ1) is 21.5. The Bertz CT molecular complexity index is 1680. The number of benzene rings is 2. The van der Waals surface area contributed by atoms with E-state index in [0.717, 1.165) is 0 Å². The molecule has 0 aromatic heterocycles. The van der Waals surface area contributed by atoms with Gasteiger partial charge in [0.25, 0.3) is 0 Å². The highest BCUT2D eigenvalue weighted by atomic mass is 16.7. The molecule has 0 bridgehead atoms. The second kappa shape index (κ2) is 11.0. The molecule has 5 atom stereocenters. The Morgan fingerprint density at radius 1 is 1.04 bits per heavy atom. The third kappa shape index (κ3) is 4.40. The van der Waals surface area contributed by atoms with Gasteiger partial charge in [-0.2, -0.15) is 0 Å². The van der Waals surface area contributed by atoms with Gasteiger partial charge >= 0.3 is 11.9 Å². The number of fused-ring (bicyclic) bond motifs is 2. The zero-order chi connectivity index (χ0) is 32.3. The van der Waals surface area contributed by atoms with E-state index in [2.05, 4.69) is 0 Å². The Morgan fingerprint density at radius 2 is 1.78 bits per heavy atom. The second-order valence-corrected chi connectivity index (χ2v) is 11.6. The highest BCUT2D eigenvalue weighted by Crippen LogP contribution is 2.62. The number of ketones is 1. The number of allylic oxidation sites excluding steroid dienone is 3. The number of methoxy groups -OCH3 is 2. The van der Waals surface area contributed by atoms with E-state index < -0.39 is 46.9 Å². The number of rotatable bonds is 6. The molecular weight excluding hydrogens is 584 g/mol. The summed E-state index contributed by atoms with van der Waals surface area (Å²) in [4.78, 5) is 41.7. The number of hydrogen-bond acceptors (Lipinski definition) is 11. The molecule has 2 aliphatic carbocycles. The summed E-state index contributed by atoms with van der Waals surface area (Å²) in [7, 11) is 2.73. The van der Waals surface area contributed by atoms with Crippen molar-refractivity contribution in [2.24, 2.45) is 5.92 Å². The van der Waals surface area contributed by atoms with Crippen LogP contribution in [0.1, 0.15) is 55.3 Å².